The molecule has 4 nitrogen and oxygen atoms in total. The van der Waals surface area contributed by atoms with Crippen LogP contribution in [-0.4, -0.2) is 33.0 Å². The Kier molecular flexibility index (Phi) is 4.59. The summed E-state index contributed by atoms with van der Waals surface area (Å²) in [6, 6.07) is 9.93. The fraction of sp³-hybridized carbons (Fsp3) is 0.393. The van der Waals surface area contributed by atoms with E-state index in [0.717, 1.165) is 47.1 Å². The third kappa shape index (κ3) is 3.22. The van der Waals surface area contributed by atoms with Crippen LogP contribution in [0, 0.1) is 23.0 Å². The lowest BCUT2D eigenvalue weighted by Crippen LogP contribution is -2.62. The molecule has 2 N–H and O–H groups in total. The normalized spacial score (nSPS) is 27.4. The number of nitrogens with zero attached hydrogens (tertiary/aromatic N) is 1. The molecule has 2 bridgehead atoms. The average molecular weight is 463 g/mol. The van der Waals surface area contributed by atoms with E-state index in [-0.39, 0.29) is 22.1 Å². The van der Waals surface area contributed by atoms with Crippen molar-refractivity contribution in [1.29, 1.82) is 0 Å². The van der Waals surface area contributed by atoms with Crippen LogP contribution in [-0.2, 0) is 11.2 Å². The summed E-state index contributed by atoms with van der Waals surface area (Å²) >= 11 is 0. The molecule has 7 rings (SSSR count). The molecule has 0 radical (unpaired) electrons. The number of aromatic amines is 1. The highest BCUT2D eigenvalue weighted by atomic mass is 19.1. The molecule has 6 heteroatoms. The topological polar surface area (TPSA) is 56.3 Å². The van der Waals surface area contributed by atoms with Crippen LogP contribution < -0.4 is 0 Å². The summed E-state index contributed by atoms with van der Waals surface area (Å²) in [6.45, 7) is 5.17. The van der Waals surface area contributed by atoms with Crippen LogP contribution in [0.1, 0.15) is 61.5 Å². The number of carboxylic acids is 1. The molecule has 2 heterocycles. The van der Waals surface area contributed by atoms with Gasteiger partial charge in [-0.05, 0) is 86.3 Å². The number of H-pyrrole nitrogens is 1. The number of aliphatic carboxylic acids is 1. The number of hydrogen-bond donors (Lipinski definition) is 2. The molecule has 2 aromatic carbocycles. The highest BCUT2D eigenvalue weighted by Crippen LogP contribution is 2.65. The lowest BCUT2D eigenvalue weighted by molar-refractivity contribution is -0.145. The van der Waals surface area contributed by atoms with Gasteiger partial charge in [0.25, 0.3) is 0 Å². The summed E-state index contributed by atoms with van der Waals surface area (Å²) in [4.78, 5) is 16.7. The van der Waals surface area contributed by atoms with E-state index in [2.05, 4.69) is 29.8 Å². The van der Waals surface area contributed by atoms with Gasteiger partial charge in [-0.25, -0.2) is 13.6 Å². The van der Waals surface area contributed by atoms with Crippen molar-refractivity contribution in [2.45, 2.75) is 51.1 Å². The van der Waals surface area contributed by atoms with Crippen molar-refractivity contribution < 1.29 is 18.7 Å². The maximum Gasteiger partial charge on any atom is 0.328 e. The Hall–Kier alpha value is -2.99. The number of aromatic nitrogens is 1. The molecule has 4 aliphatic rings. The molecule has 176 valence electrons. The minimum atomic E-state index is -1.16. The van der Waals surface area contributed by atoms with E-state index in [1.54, 1.807) is 0 Å². The SMILES string of the molecule is CC1(C)Cc2c([nH]c3ccccc23)C(c2c(F)cc(/C=C/C(=O)O)cc2F)N1CC12CC(C1)C2. The van der Waals surface area contributed by atoms with Crippen LogP contribution in [0.5, 0.6) is 0 Å². The van der Waals surface area contributed by atoms with Crippen molar-refractivity contribution in [1.82, 2.24) is 9.88 Å². The Morgan fingerprint density at radius 1 is 1.18 bits per heavy atom. The summed E-state index contributed by atoms with van der Waals surface area (Å²) in [5, 5.41) is 10.00. The van der Waals surface area contributed by atoms with Crippen LogP contribution in [0.25, 0.3) is 17.0 Å². The zero-order valence-electron chi connectivity index (χ0n) is 19.4. The number of fused-ring (bicyclic) bond motifs is 3. The molecule has 0 saturated heterocycles. The van der Waals surface area contributed by atoms with Crippen molar-refractivity contribution in [2.75, 3.05) is 6.54 Å². The van der Waals surface area contributed by atoms with E-state index in [1.807, 2.05) is 18.2 Å². The summed E-state index contributed by atoms with van der Waals surface area (Å²) in [5.41, 5.74) is 3.15. The maximum absolute atomic E-state index is 15.7. The number of halogens is 2. The molecule has 34 heavy (non-hydrogen) atoms. The standard InChI is InChI=1S/C28H28F2N2O2/c1-27(2)14-19-18-5-3-4-6-22(18)31-25(19)26(32(27)15-28-11-17(12-28)13-28)24-20(29)9-16(10-21(24)30)7-8-23(33)34/h3-10,17,26,31H,11-15H2,1-2H3,(H,33,34)/b8-7+. The fourth-order valence-corrected chi connectivity index (χ4v) is 6.63. The van der Waals surface area contributed by atoms with Gasteiger partial charge in [-0.15, -0.1) is 0 Å². The number of carboxylic acid groups (broad SMARTS) is 1. The molecule has 0 spiro atoms. The zero-order chi connectivity index (χ0) is 23.8. The quantitative estimate of drug-likeness (QED) is 0.453. The second-order valence-corrected chi connectivity index (χ2v) is 11.1. The van der Waals surface area contributed by atoms with Crippen molar-refractivity contribution in [3.8, 4) is 0 Å². The van der Waals surface area contributed by atoms with Crippen LogP contribution in [0.2, 0.25) is 0 Å². The zero-order valence-corrected chi connectivity index (χ0v) is 19.4. The van der Waals surface area contributed by atoms with Gasteiger partial charge in [0.1, 0.15) is 11.6 Å². The van der Waals surface area contributed by atoms with E-state index in [1.165, 1.54) is 37.5 Å². The van der Waals surface area contributed by atoms with Gasteiger partial charge in [-0.2, -0.15) is 0 Å². The van der Waals surface area contributed by atoms with E-state index < -0.39 is 23.6 Å². The Labute approximate surface area is 197 Å². The van der Waals surface area contributed by atoms with E-state index >= 15 is 8.78 Å². The maximum atomic E-state index is 15.7. The molecule has 3 aliphatic carbocycles. The van der Waals surface area contributed by atoms with Crippen molar-refractivity contribution in [2.24, 2.45) is 11.3 Å². The molecule has 0 amide bonds. The fourth-order valence-electron chi connectivity index (χ4n) is 6.63. The molecular formula is C28H28F2N2O2. The van der Waals surface area contributed by atoms with Gasteiger partial charge in [0.15, 0.2) is 0 Å². The molecular weight excluding hydrogens is 434 g/mol. The van der Waals surface area contributed by atoms with Crippen molar-refractivity contribution >= 4 is 22.9 Å². The Bertz CT molecular complexity index is 1320. The summed E-state index contributed by atoms with van der Waals surface area (Å²) < 4.78 is 31.3. The molecule has 1 atom stereocenters. The highest BCUT2D eigenvalue weighted by molar-refractivity contribution is 5.86. The number of nitrogens with one attached hydrogen (secondary N) is 1. The number of benzene rings is 2. The second kappa shape index (κ2) is 7.25. The summed E-state index contributed by atoms with van der Waals surface area (Å²) in [6.07, 6.45) is 6.52. The van der Waals surface area contributed by atoms with Crippen LogP contribution >= 0.6 is 0 Å². The first-order valence-electron chi connectivity index (χ1n) is 11.9. The van der Waals surface area contributed by atoms with Crippen LogP contribution in [0.3, 0.4) is 0 Å². The van der Waals surface area contributed by atoms with Crippen LogP contribution in [0.4, 0.5) is 8.78 Å². The van der Waals surface area contributed by atoms with Gasteiger partial charge in [0.05, 0.1) is 6.04 Å². The third-order valence-corrected chi connectivity index (χ3v) is 8.28. The van der Waals surface area contributed by atoms with E-state index in [4.69, 9.17) is 5.11 Å². The first kappa shape index (κ1) is 21.5. The minimum Gasteiger partial charge on any atom is -0.478 e. The highest BCUT2D eigenvalue weighted by Gasteiger charge is 2.59. The van der Waals surface area contributed by atoms with Crippen molar-refractivity contribution in [3.63, 3.8) is 0 Å². The smallest absolute Gasteiger partial charge is 0.328 e. The summed E-state index contributed by atoms with van der Waals surface area (Å²) in [7, 11) is 0. The number of rotatable bonds is 5. The molecule has 1 aromatic heterocycles. The van der Waals surface area contributed by atoms with Gasteiger partial charge < -0.3 is 10.1 Å². The predicted octanol–water partition coefficient (Wildman–Crippen LogP) is 6.07. The second-order valence-electron chi connectivity index (χ2n) is 11.1. The molecule has 3 aromatic rings. The molecule has 3 fully saturated rings. The minimum absolute atomic E-state index is 0.0275. The van der Waals surface area contributed by atoms with E-state index in [0.29, 0.717) is 0 Å². The Balaban J connectivity index is 1.53. The van der Waals surface area contributed by atoms with Gasteiger partial charge in [0.2, 0.25) is 0 Å². The predicted molar refractivity (Wildman–Crippen MR) is 127 cm³/mol. The Morgan fingerprint density at radius 3 is 2.47 bits per heavy atom. The lowest BCUT2D eigenvalue weighted by Gasteiger charge is -2.65. The van der Waals surface area contributed by atoms with Crippen LogP contribution in [0.15, 0.2) is 42.5 Å². The molecule has 1 unspecified atom stereocenters. The van der Waals surface area contributed by atoms with E-state index in [9.17, 15) is 4.79 Å². The monoisotopic (exact) mass is 462 g/mol. The average Bonchev–Trinajstić information content (AvgIpc) is 3.06. The molecule has 1 aliphatic heterocycles. The lowest BCUT2D eigenvalue weighted by atomic mass is 9.44. The Morgan fingerprint density at radius 2 is 1.85 bits per heavy atom. The third-order valence-electron chi connectivity index (χ3n) is 8.28. The first-order valence-corrected chi connectivity index (χ1v) is 11.9. The van der Waals surface area contributed by atoms with Gasteiger partial charge in [-0.1, -0.05) is 18.2 Å². The van der Waals surface area contributed by atoms with Gasteiger partial charge in [0, 0.05) is 40.3 Å². The first-order chi connectivity index (χ1) is 16.2. The van der Waals surface area contributed by atoms with Crippen molar-refractivity contribution in [3.05, 3.63) is 76.5 Å². The van der Waals surface area contributed by atoms with Gasteiger partial charge in [-0.3, -0.25) is 4.90 Å². The summed E-state index contributed by atoms with van der Waals surface area (Å²) in [5.74, 6) is -1.64. The molecule has 3 saturated carbocycles. The number of para-hydroxylation sites is 1. The van der Waals surface area contributed by atoms with Gasteiger partial charge >= 0.3 is 5.97 Å². The number of hydrogen-bond acceptors (Lipinski definition) is 2. The largest absolute Gasteiger partial charge is 0.478 e. The number of carbonyl (C=O) groups is 1.